The van der Waals surface area contributed by atoms with Crippen molar-refractivity contribution < 1.29 is 19.7 Å². The van der Waals surface area contributed by atoms with Crippen molar-refractivity contribution in [2.24, 2.45) is 0 Å². The van der Waals surface area contributed by atoms with E-state index in [4.69, 9.17) is 9.47 Å². The molecule has 23 heavy (non-hydrogen) atoms. The number of aliphatic hydroxyl groups excluding tert-OH is 2. The Bertz CT molecular complexity index is 473. The topological polar surface area (TPSA) is 58.9 Å². The van der Waals surface area contributed by atoms with E-state index in [2.05, 4.69) is 12.1 Å². The van der Waals surface area contributed by atoms with Crippen LogP contribution in [0.1, 0.15) is 57.2 Å². The third-order valence-electron chi connectivity index (χ3n) is 4.15. The summed E-state index contributed by atoms with van der Waals surface area (Å²) in [6.07, 6.45) is 0.482. The Kier molecular flexibility index (Phi) is 7.52. The van der Waals surface area contributed by atoms with Gasteiger partial charge in [-0.05, 0) is 69.4 Å². The van der Waals surface area contributed by atoms with Gasteiger partial charge in [-0.15, -0.1) is 0 Å². The van der Waals surface area contributed by atoms with Gasteiger partial charge in [0.2, 0.25) is 0 Å². The average Bonchev–Trinajstić information content (AvgIpc) is 2.51. The summed E-state index contributed by atoms with van der Waals surface area (Å²) in [5.41, 5.74) is 2.62. The Balaban J connectivity index is 2.89. The largest absolute Gasteiger partial charge is 0.490 e. The molecule has 0 aliphatic carbocycles. The van der Waals surface area contributed by atoms with Crippen LogP contribution in [0.25, 0.3) is 0 Å². The number of hydrogen-bond donors (Lipinski definition) is 2. The maximum absolute atomic E-state index is 9.70. The van der Waals surface area contributed by atoms with Crippen LogP contribution in [0.2, 0.25) is 0 Å². The van der Waals surface area contributed by atoms with Crippen LogP contribution in [0.15, 0.2) is 12.1 Å². The molecule has 0 radical (unpaired) electrons. The zero-order chi connectivity index (χ0) is 17.6. The molecular weight excluding hydrogens is 292 g/mol. The lowest BCUT2D eigenvalue weighted by Crippen LogP contribution is -2.27. The van der Waals surface area contributed by atoms with Gasteiger partial charge in [-0.3, -0.25) is 0 Å². The Morgan fingerprint density at radius 1 is 0.957 bits per heavy atom. The SMILES string of the molecule is CCC(O)COc1c(C)cc(C(C)(C)OCC(O)CC)cc1C. The lowest BCUT2D eigenvalue weighted by atomic mass is 9.93. The first kappa shape index (κ1) is 19.9. The van der Waals surface area contributed by atoms with Crippen LogP contribution in [0, 0.1) is 13.8 Å². The van der Waals surface area contributed by atoms with Gasteiger partial charge in [-0.1, -0.05) is 13.8 Å². The smallest absolute Gasteiger partial charge is 0.125 e. The highest BCUT2D eigenvalue weighted by molar-refractivity contribution is 5.44. The van der Waals surface area contributed by atoms with E-state index in [0.29, 0.717) is 26.1 Å². The van der Waals surface area contributed by atoms with Gasteiger partial charge in [0, 0.05) is 0 Å². The molecule has 0 fully saturated rings. The third kappa shape index (κ3) is 5.79. The van der Waals surface area contributed by atoms with Crippen LogP contribution in [-0.2, 0) is 10.3 Å². The average molecular weight is 324 g/mol. The molecule has 2 N–H and O–H groups in total. The van der Waals surface area contributed by atoms with Crippen molar-refractivity contribution in [2.45, 2.75) is 72.2 Å². The molecule has 4 heteroatoms. The minimum Gasteiger partial charge on any atom is -0.490 e. The number of benzene rings is 1. The molecule has 0 aliphatic rings. The molecule has 1 rings (SSSR count). The fraction of sp³-hybridized carbons (Fsp3) is 0.684. The molecule has 0 heterocycles. The van der Waals surface area contributed by atoms with Crippen molar-refractivity contribution >= 4 is 0 Å². The van der Waals surface area contributed by atoms with Crippen LogP contribution in [0.3, 0.4) is 0 Å². The van der Waals surface area contributed by atoms with Crippen LogP contribution >= 0.6 is 0 Å². The molecule has 0 amide bonds. The van der Waals surface area contributed by atoms with E-state index in [1.165, 1.54) is 0 Å². The Hall–Kier alpha value is -1.10. The van der Waals surface area contributed by atoms with Gasteiger partial charge >= 0.3 is 0 Å². The summed E-state index contributed by atoms with van der Waals surface area (Å²) >= 11 is 0. The lowest BCUT2D eigenvalue weighted by molar-refractivity contribution is -0.0637. The van der Waals surface area contributed by atoms with Gasteiger partial charge in [-0.2, -0.15) is 0 Å². The fourth-order valence-corrected chi connectivity index (χ4v) is 2.33. The Labute approximate surface area is 140 Å². The number of aryl methyl sites for hydroxylation is 2. The number of rotatable bonds is 9. The standard InChI is InChI=1S/C19H32O4/c1-7-16(20)11-22-18-13(3)9-15(10-14(18)4)19(5,6)23-12-17(21)8-2/h9-10,16-17,20-21H,7-8,11-12H2,1-6H3. The maximum Gasteiger partial charge on any atom is 0.125 e. The zero-order valence-corrected chi connectivity index (χ0v) is 15.3. The second kappa shape index (κ2) is 8.67. The molecule has 2 unspecified atom stereocenters. The Morgan fingerprint density at radius 2 is 1.43 bits per heavy atom. The van der Waals surface area contributed by atoms with Crippen LogP contribution in [0.5, 0.6) is 5.75 Å². The first-order chi connectivity index (χ1) is 10.7. The lowest BCUT2D eigenvalue weighted by Gasteiger charge is -2.28. The van der Waals surface area contributed by atoms with Gasteiger partial charge in [0.1, 0.15) is 12.4 Å². The quantitative estimate of drug-likeness (QED) is 0.730. The molecule has 0 aliphatic heterocycles. The molecule has 2 atom stereocenters. The summed E-state index contributed by atoms with van der Waals surface area (Å²) in [4.78, 5) is 0. The summed E-state index contributed by atoms with van der Waals surface area (Å²) < 4.78 is 11.7. The van der Waals surface area contributed by atoms with Crippen molar-refractivity contribution in [2.75, 3.05) is 13.2 Å². The van der Waals surface area contributed by atoms with Crippen molar-refractivity contribution in [1.82, 2.24) is 0 Å². The highest BCUT2D eigenvalue weighted by Gasteiger charge is 2.24. The molecule has 0 bridgehead atoms. The second-order valence-electron chi connectivity index (χ2n) is 6.70. The van der Waals surface area contributed by atoms with E-state index < -0.39 is 17.8 Å². The normalized spacial score (nSPS) is 14.6. The van der Waals surface area contributed by atoms with Crippen molar-refractivity contribution in [1.29, 1.82) is 0 Å². The summed E-state index contributed by atoms with van der Waals surface area (Å²) in [7, 11) is 0. The van der Waals surface area contributed by atoms with Crippen LogP contribution in [0.4, 0.5) is 0 Å². The molecule has 0 saturated heterocycles. The van der Waals surface area contributed by atoms with E-state index in [1.54, 1.807) is 0 Å². The van der Waals surface area contributed by atoms with E-state index in [9.17, 15) is 10.2 Å². The third-order valence-corrected chi connectivity index (χ3v) is 4.15. The molecule has 1 aromatic carbocycles. The van der Waals surface area contributed by atoms with E-state index in [-0.39, 0.29) is 0 Å². The molecule has 0 saturated carbocycles. The van der Waals surface area contributed by atoms with Crippen molar-refractivity contribution in [3.8, 4) is 5.75 Å². The van der Waals surface area contributed by atoms with Gasteiger partial charge < -0.3 is 19.7 Å². The van der Waals surface area contributed by atoms with E-state index in [0.717, 1.165) is 22.4 Å². The molecule has 1 aromatic rings. The summed E-state index contributed by atoms with van der Waals surface area (Å²) in [5, 5.41) is 19.4. The number of hydrogen-bond acceptors (Lipinski definition) is 4. The fourth-order valence-electron chi connectivity index (χ4n) is 2.33. The highest BCUT2D eigenvalue weighted by Crippen LogP contribution is 2.32. The van der Waals surface area contributed by atoms with Gasteiger partial charge in [-0.25, -0.2) is 0 Å². The second-order valence-corrected chi connectivity index (χ2v) is 6.70. The first-order valence-electron chi connectivity index (χ1n) is 8.45. The maximum atomic E-state index is 9.70. The predicted octanol–water partition coefficient (Wildman–Crippen LogP) is 3.48. The van der Waals surface area contributed by atoms with Crippen molar-refractivity contribution in [3.63, 3.8) is 0 Å². The van der Waals surface area contributed by atoms with Crippen LogP contribution in [-0.4, -0.2) is 35.6 Å². The first-order valence-corrected chi connectivity index (χ1v) is 8.45. The van der Waals surface area contributed by atoms with Crippen molar-refractivity contribution in [3.05, 3.63) is 28.8 Å². The van der Waals surface area contributed by atoms with Gasteiger partial charge in [0.05, 0.1) is 24.4 Å². The molecular formula is C19H32O4. The molecule has 0 aromatic heterocycles. The number of aliphatic hydroxyl groups is 2. The minimum absolute atomic E-state index is 0.306. The monoisotopic (exact) mass is 324 g/mol. The van der Waals surface area contributed by atoms with Crippen LogP contribution < -0.4 is 4.74 Å². The Morgan fingerprint density at radius 3 is 1.91 bits per heavy atom. The molecule has 0 spiro atoms. The highest BCUT2D eigenvalue weighted by atomic mass is 16.5. The van der Waals surface area contributed by atoms with E-state index >= 15 is 0 Å². The molecule has 4 nitrogen and oxygen atoms in total. The van der Waals surface area contributed by atoms with Gasteiger partial charge in [0.15, 0.2) is 0 Å². The van der Waals surface area contributed by atoms with E-state index in [1.807, 2.05) is 41.5 Å². The zero-order valence-electron chi connectivity index (χ0n) is 15.3. The summed E-state index contributed by atoms with van der Waals surface area (Å²) in [6.45, 7) is 12.5. The number of ether oxygens (including phenoxy) is 2. The summed E-state index contributed by atoms with van der Waals surface area (Å²) in [6, 6.07) is 4.11. The molecule has 132 valence electrons. The summed E-state index contributed by atoms with van der Waals surface area (Å²) in [5.74, 6) is 0.825. The minimum atomic E-state index is -0.479. The van der Waals surface area contributed by atoms with Gasteiger partial charge in [0.25, 0.3) is 0 Å². The predicted molar refractivity (Wildman–Crippen MR) is 93.0 cm³/mol.